The zero-order valence-electron chi connectivity index (χ0n) is 40.4. The number of aryl methyl sites for hydroxylation is 2. The first-order valence-corrected chi connectivity index (χ1v) is 23.4. The summed E-state index contributed by atoms with van der Waals surface area (Å²) in [5, 5.41) is 10.1. The molecule has 6 rings (SSSR count). The van der Waals surface area contributed by atoms with Crippen LogP contribution in [0.2, 0.25) is 0 Å². The summed E-state index contributed by atoms with van der Waals surface area (Å²) in [7, 11) is 0. The largest absolute Gasteiger partial charge is 0.447 e. The van der Waals surface area contributed by atoms with Crippen molar-refractivity contribution in [3.05, 3.63) is 203 Å². The van der Waals surface area contributed by atoms with Crippen molar-refractivity contribution in [2.24, 2.45) is 11.8 Å². The van der Waals surface area contributed by atoms with Crippen molar-refractivity contribution in [1.29, 1.82) is 0 Å². The summed E-state index contributed by atoms with van der Waals surface area (Å²) in [4.78, 5) is 28.6. The minimum atomic E-state index is -0.684. The highest BCUT2D eigenvalue weighted by Crippen LogP contribution is 2.28. The van der Waals surface area contributed by atoms with Crippen LogP contribution in [-0.2, 0) is 61.0 Å². The Balaban J connectivity index is 0.000000271. The first-order chi connectivity index (χ1) is 32.3. The lowest BCUT2D eigenvalue weighted by atomic mass is 9.88. The molecule has 1 saturated heterocycles. The van der Waals surface area contributed by atoms with Gasteiger partial charge in [0.2, 0.25) is 5.91 Å². The van der Waals surface area contributed by atoms with Crippen LogP contribution in [-0.4, -0.2) is 78.9 Å². The number of cyclic esters (lactones) is 1. The quantitative estimate of drug-likeness (QED) is 0.0611. The van der Waals surface area contributed by atoms with Gasteiger partial charge in [-0.2, -0.15) is 0 Å². The van der Waals surface area contributed by atoms with Crippen molar-refractivity contribution in [2.45, 2.75) is 104 Å². The van der Waals surface area contributed by atoms with Crippen molar-refractivity contribution in [3.63, 3.8) is 0 Å². The van der Waals surface area contributed by atoms with Gasteiger partial charge in [0.15, 0.2) is 0 Å². The van der Waals surface area contributed by atoms with Crippen LogP contribution in [0.1, 0.15) is 66.6 Å². The monoisotopic (exact) mass is 910 g/mol. The smallest absolute Gasteiger partial charge is 0.416 e. The summed E-state index contributed by atoms with van der Waals surface area (Å²) in [5.41, 5.74) is 9.53. The molecule has 0 saturated carbocycles. The van der Waals surface area contributed by atoms with E-state index in [2.05, 4.69) is 44.3 Å². The van der Waals surface area contributed by atoms with Crippen LogP contribution in [0.4, 0.5) is 4.79 Å². The van der Waals surface area contributed by atoms with Gasteiger partial charge in [-0.15, -0.1) is 0 Å². The van der Waals surface area contributed by atoms with E-state index in [-0.39, 0.29) is 43.9 Å². The summed E-state index contributed by atoms with van der Waals surface area (Å²) in [6.07, 6.45) is -0.380. The molecule has 0 aliphatic carbocycles. The fraction of sp³-hybridized carbons (Fsp3) is 0.379. The molecule has 0 aromatic heterocycles. The maximum absolute atomic E-state index is 14.4. The Morgan fingerprint density at radius 2 is 1.06 bits per heavy atom. The molecule has 0 spiro atoms. The molecule has 1 heterocycles. The first kappa shape index (κ1) is 52.3. The average Bonchev–Trinajstić information content (AvgIpc) is 3.70. The van der Waals surface area contributed by atoms with Gasteiger partial charge in [-0.1, -0.05) is 175 Å². The van der Waals surface area contributed by atoms with Crippen LogP contribution in [0.5, 0.6) is 0 Å². The maximum Gasteiger partial charge on any atom is 0.416 e. The topological polar surface area (TPSA) is 104 Å². The Labute approximate surface area is 399 Å². The maximum atomic E-state index is 14.4. The van der Waals surface area contributed by atoms with Crippen molar-refractivity contribution in [2.75, 3.05) is 26.4 Å². The summed E-state index contributed by atoms with van der Waals surface area (Å²) in [6, 6.07) is 46.0. The van der Waals surface area contributed by atoms with Crippen molar-refractivity contribution < 1.29 is 38.4 Å². The van der Waals surface area contributed by atoms with E-state index in [1.165, 1.54) is 16.0 Å². The number of carbonyl (C=O) groups excluding carboxylic acids is 2. The number of amides is 2. The highest BCUT2D eigenvalue weighted by molar-refractivity contribution is 5.95. The summed E-state index contributed by atoms with van der Waals surface area (Å²) in [6.45, 7) is 21.7. The standard InChI is InChI=1S/C34H39NO5.C24H32O3/c1-24(2)21-39-32(26(4)38-22-29-13-9-6-10-14-29)31(20-28-17-15-25(3)16-18-28)33(36)35-30(23-40-34(35)37)19-27-11-7-5-8-12-27;1-18(2)16-27-24(20(4)26-17-22-8-6-5-7-9-22)23(15-25)14-21-12-10-19(3)11-13-21/h5-18,26,30-32H,1,19-23H2,2-4H3;5-13,20,23-25H,1,14-17H2,2-4H3/t26-,30+,31+,32-;20-,23-,24-/m00/s1. The van der Waals surface area contributed by atoms with E-state index < -0.39 is 30.3 Å². The molecule has 5 aromatic carbocycles. The predicted octanol–water partition coefficient (Wildman–Crippen LogP) is 11.0. The second kappa shape index (κ2) is 27.2. The number of aliphatic hydroxyl groups excluding tert-OH is 1. The SMILES string of the molecule is C=C(C)CO[C@@H]([C@H](C)OCc1ccccc1)[C@@H](Cc1ccc(C)cc1)C(=O)N1C(=O)OC[C@H]1Cc1ccccc1.C=C(C)CO[C@H]([C@H](CO)Cc1ccc(C)cc1)[C@H](C)OCc1ccccc1. The van der Waals surface area contributed by atoms with E-state index in [0.717, 1.165) is 45.4 Å². The van der Waals surface area contributed by atoms with Crippen molar-refractivity contribution >= 4 is 12.0 Å². The molecular weight excluding hydrogens is 839 g/mol. The minimum absolute atomic E-state index is 0.0437. The number of hydrogen-bond acceptors (Lipinski definition) is 8. The summed E-state index contributed by atoms with van der Waals surface area (Å²) >= 11 is 0. The Morgan fingerprint density at radius 3 is 1.52 bits per heavy atom. The van der Waals surface area contributed by atoms with Crippen LogP contribution in [0.25, 0.3) is 0 Å². The number of hydrogen-bond donors (Lipinski definition) is 1. The van der Waals surface area contributed by atoms with Gasteiger partial charge in [0.1, 0.15) is 6.61 Å². The molecule has 2 amide bonds. The summed E-state index contributed by atoms with van der Waals surface area (Å²) in [5.74, 6) is -1.04. The molecule has 356 valence electrons. The van der Waals surface area contributed by atoms with E-state index >= 15 is 0 Å². The van der Waals surface area contributed by atoms with E-state index in [9.17, 15) is 14.7 Å². The fourth-order valence-electron chi connectivity index (χ4n) is 8.08. The molecule has 0 bridgehead atoms. The first-order valence-electron chi connectivity index (χ1n) is 23.4. The van der Waals surface area contributed by atoms with Gasteiger partial charge in [-0.25, -0.2) is 9.69 Å². The molecule has 0 unspecified atom stereocenters. The lowest BCUT2D eigenvalue weighted by Crippen LogP contribution is -2.50. The molecule has 1 aliphatic rings. The molecule has 0 radical (unpaired) electrons. The zero-order valence-corrected chi connectivity index (χ0v) is 40.4. The van der Waals surface area contributed by atoms with Gasteiger partial charge in [0.05, 0.1) is 62.8 Å². The number of benzene rings is 5. The van der Waals surface area contributed by atoms with E-state index in [4.69, 9.17) is 23.7 Å². The number of carbonyl (C=O) groups is 2. The molecule has 9 nitrogen and oxygen atoms in total. The van der Waals surface area contributed by atoms with Gasteiger partial charge in [0.25, 0.3) is 0 Å². The third-order valence-corrected chi connectivity index (χ3v) is 11.8. The second-order valence-electron chi connectivity index (χ2n) is 18.0. The molecule has 7 atom stereocenters. The molecule has 1 N–H and O–H groups in total. The third kappa shape index (κ3) is 17.2. The Bertz CT molecular complexity index is 2250. The molecule has 9 heteroatoms. The van der Waals surface area contributed by atoms with Gasteiger partial charge < -0.3 is 28.8 Å². The number of rotatable bonds is 24. The Kier molecular flexibility index (Phi) is 21.2. The highest BCUT2D eigenvalue weighted by Gasteiger charge is 2.45. The van der Waals surface area contributed by atoms with Gasteiger partial charge in [-0.3, -0.25) is 4.79 Å². The number of ether oxygens (including phenoxy) is 5. The number of nitrogens with zero attached hydrogens (tertiary/aromatic N) is 1. The molecule has 1 fully saturated rings. The highest BCUT2D eigenvalue weighted by atomic mass is 16.6. The number of aliphatic hydroxyl groups is 1. The van der Waals surface area contributed by atoms with Gasteiger partial charge >= 0.3 is 6.09 Å². The number of imide groups is 1. The average molecular weight is 910 g/mol. The van der Waals surface area contributed by atoms with Crippen molar-refractivity contribution in [3.8, 4) is 0 Å². The van der Waals surface area contributed by atoms with E-state index in [0.29, 0.717) is 32.7 Å². The molecule has 5 aromatic rings. The normalized spacial score (nSPS) is 16.1. The van der Waals surface area contributed by atoms with Crippen LogP contribution >= 0.6 is 0 Å². The van der Waals surface area contributed by atoms with Gasteiger partial charge in [0, 0.05) is 12.5 Å². The molecular formula is C58H71NO8. The second-order valence-corrected chi connectivity index (χ2v) is 18.0. The van der Waals surface area contributed by atoms with Crippen LogP contribution < -0.4 is 0 Å². The van der Waals surface area contributed by atoms with E-state index in [1.54, 1.807) is 0 Å². The van der Waals surface area contributed by atoms with E-state index in [1.807, 2.05) is 150 Å². The van der Waals surface area contributed by atoms with Gasteiger partial charge in [-0.05, 0) is 88.6 Å². The Hall–Kier alpha value is -5.68. The van der Waals surface area contributed by atoms with Crippen molar-refractivity contribution in [1.82, 2.24) is 4.90 Å². The third-order valence-electron chi connectivity index (χ3n) is 11.8. The van der Waals surface area contributed by atoms with Crippen LogP contribution in [0, 0.1) is 25.7 Å². The Morgan fingerprint density at radius 1 is 0.627 bits per heavy atom. The molecule has 67 heavy (non-hydrogen) atoms. The van der Waals surface area contributed by atoms with Crippen LogP contribution in [0.15, 0.2) is 164 Å². The minimum Gasteiger partial charge on any atom is -0.447 e. The predicted molar refractivity (Wildman–Crippen MR) is 266 cm³/mol. The summed E-state index contributed by atoms with van der Waals surface area (Å²) < 4.78 is 30.3. The lowest BCUT2D eigenvalue weighted by Gasteiger charge is -2.34. The fourth-order valence-corrected chi connectivity index (χ4v) is 8.08. The zero-order chi connectivity index (χ0) is 48.1. The van der Waals surface area contributed by atoms with Crippen LogP contribution in [0.3, 0.4) is 0 Å². The molecule has 1 aliphatic heterocycles. The lowest BCUT2D eigenvalue weighted by molar-refractivity contribution is -0.147.